The summed E-state index contributed by atoms with van der Waals surface area (Å²) >= 11 is 0. The number of rotatable bonds is 5. The quantitative estimate of drug-likeness (QED) is 0.906. The Morgan fingerprint density at radius 1 is 0.960 bits per heavy atom. The normalized spacial score (nSPS) is 16.7. The lowest BCUT2D eigenvalue weighted by Crippen LogP contribution is -2.49. The molecule has 1 fully saturated rings. The summed E-state index contributed by atoms with van der Waals surface area (Å²) in [6, 6.07) is 15.6. The lowest BCUT2D eigenvalue weighted by Gasteiger charge is -2.40. The van der Waals surface area contributed by atoms with Gasteiger partial charge in [0.1, 0.15) is 5.82 Å². The molecule has 1 heterocycles. The molecule has 0 aromatic heterocycles. The molecule has 0 aliphatic carbocycles. The molecular weight excluding hydrogens is 315 g/mol. The average molecular weight is 342 g/mol. The smallest absolute Gasteiger partial charge is 0.123 e. The van der Waals surface area contributed by atoms with E-state index in [1.54, 1.807) is 0 Å². The van der Waals surface area contributed by atoms with Crippen LogP contribution in [0.5, 0.6) is 0 Å². The van der Waals surface area contributed by atoms with E-state index in [1.165, 1.54) is 23.4 Å². The zero-order chi connectivity index (χ0) is 17.8. The minimum absolute atomic E-state index is 0.188. The summed E-state index contributed by atoms with van der Waals surface area (Å²) in [5.74, 6) is -0.188. The van der Waals surface area contributed by atoms with Crippen molar-refractivity contribution in [1.29, 1.82) is 0 Å². The number of hydrogen-bond acceptors (Lipinski definition) is 4. The molecule has 3 rings (SSSR count). The predicted molar refractivity (Wildman–Crippen MR) is 103 cm³/mol. The summed E-state index contributed by atoms with van der Waals surface area (Å²) in [4.78, 5) is 6.85. The molecular formula is C20H27FN4. The van der Waals surface area contributed by atoms with E-state index in [4.69, 9.17) is 5.73 Å². The molecule has 134 valence electrons. The van der Waals surface area contributed by atoms with Gasteiger partial charge in [-0.2, -0.15) is 0 Å². The third-order valence-corrected chi connectivity index (χ3v) is 4.96. The van der Waals surface area contributed by atoms with Crippen molar-refractivity contribution in [1.82, 2.24) is 4.90 Å². The van der Waals surface area contributed by atoms with Crippen LogP contribution >= 0.6 is 0 Å². The van der Waals surface area contributed by atoms with Crippen LogP contribution in [-0.2, 0) is 0 Å². The molecule has 1 atom stereocenters. The summed E-state index contributed by atoms with van der Waals surface area (Å²) in [6.07, 6.45) is 0. The largest absolute Gasteiger partial charge is 0.378 e. The van der Waals surface area contributed by atoms with E-state index in [-0.39, 0.29) is 11.9 Å². The van der Waals surface area contributed by atoms with Crippen molar-refractivity contribution in [3.8, 4) is 0 Å². The monoisotopic (exact) mass is 342 g/mol. The first kappa shape index (κ1) is 17.7. The molecule has 0 spiro atoms. The maximum atomic E-state index is 13.1. The van der Waals surface area contributed by atoms with E-state index in [2.05, 4.69) is 39.0 Å². The van der Waals surface area contributed by atoms with Gasteiger partial charge in [-0.3, -0.25) is 4.90 Å². The van der Waals surface area contributed by atoms with Gasteiger partial charge in [-0.05, 0) is 42.0 Å². The summed E-state index contributed by atoms with van der Waals surface area (Å²) in [5.41, 5.74) is 9.63. The van der Waals surface area contributed by atoms with E-state index in [9.17, 15) is 4.39 Å². The maximum Gasteiger partial charge on any atom is 0.123 e. The van der Waals surface area contributed by atoms with Gasteiger partial charge in [0.2, 0.25) is 0 Å². The summed E-state index contributed by atoms with van der Waals surface area (Å²) in [7, 11) is 4.09. The maximum absolute atomic E-state index is 13.1. The van der Waals surface area contributed by atoms with Crippen LogP contribution in [0.15, 0.2) is 48.5 Å². The first-order chi connectivity index (χ1) is 12.1. The second-order valence-electron chi connectivity index (χ2n) is 6.74. The van der Waals surface area contributed by atoms with Gasteiger partial charge in [-0.1, -0.05) is 12.1 Å². The van der Waals surface area contributed by atoms with Crippen molar-refractivity contribution in [2.45, 2.75) is 6.04 Å². The fraction of sp³-hybridized carbons (Fsp3) is 0.400. The van der Waals surface area contributed by atoms with Crippen LogP contribution in [0, 0.1) is 5.82 Å². The number of piperazine rings is 1. The third-order valence-electron chi connectivity index (χ3n) is 4.96. The average Bonchev–Trinajstić information content (AvgIpc) is 2.64. The number of halogens is 1. The van der Waals surface area contributed by atoms with Crippen LogP contribution in [0.4, 0.5) is 15.8 Å². The van der Waals surface area contributed by atoms with Gasteiger partial charge in [0.15, 0.2) is 0 Å². The fourth-order valence-corrected chi connectivity index (χ4v) is 3.43. The summed E-state index contributed by atoms with van der Waals surface area (Å²) in [5, 5.41) is 0. The number of nitrogens with zero attached hydrogens (tertiary/aromatic N) is 3. The minimum Gasteiger partial charge on any atom is -0.378 e. The first-order valence-corrected chi connectivity index (χ1v) is 8.80. The van der Waals surface area contributed by atoms with Crippen LogP contribution in [0.1, 0.15) is 11.6 Å². The molecule has 0 unspecified atom stereocenters. The highest BCUT2D eigenvalue weighted by Gasteiger charge is 2.24. The highest BCUT2D eigenvalue weighted by Crippen LogP contribution is 2.25. The summed E-state index contributed by atoms with van der Waals surface area (Å²) in [6.45, 7) is 4.37. The molecule has 25 heavy (non-hydrogen) atoms. The second-order valence-corrected chi connectivity index (χ2v) is 6.74. The van der Waals surface area contributed by atoms with Gasteiger partial charge < -0.3 is 15.5 Å². The molecule has 1 saturated heterocycles. The molecule has 1 aliphatic heterocycles. The van der Waals surface area contributed by atoms with E-state index < -0.39 is 0 Å². The predicted octanol–water partition coefficient (Wildman–Crippen LogP) is 2.71. The number of benzene rings is 2. The van der Waals surface area contributed by atoms with Gasteiger partial charge in [0, 0.05) is 64.2 Å². The molecule has 0 radical (unpaired) electrons. The molecule has 2 aromatic carbocycles. The Morgan fingerprint density at radius 2 is 1.56 bits per heavy atom. The molecule has 0 amide bonds. The SMILES string of the molecule is CN(C)c1ccc([C@H](CN)N2CCN(c3ccc(F)cc3)CC2)cc1. The van der Waals surface area contributed by atoms with Gasteiger partial charge in [0.25, 0.3) is 0 Å². The van der Waals surface area contributed by atoms with E-state index in [0.717, 1.165) is 31.9 Å². The molecule has 2 aromatic rings. The Bertz CT molecular complexity index is 661. The van der Waals surface area contributed by atoms with E-state index in [0.29, 0.717) is 6.54 Å². The fourth-order valence-electron chi connectivity index (χ4n) is 3.43. The Kier molecular flexibility index (Phi) is 5.56. The van der Waals surface area contributed by atoms with Crippen LogP contribution in [-0.4, -0.2) is 51.7 Å². The topological polar surface area (TPSA) is 35.7 Å². The minimum atomic E-state index is -0.188. The van der Waals surface area contributed by atoms with Crippen molar-refractivity contribution in [3.63, 3.8) is 0 Å². The first-order valence-electron chi connectivity index (χ1n) is 8.80. The molecule has 1 aliphatic rings. The van der Waals surface area contributed by atoms with Gasteiger partial charge in [-0.25, -0.2) is 4.39 Å². The Labute approximate surface area is 149 Å². The zero-order valence-corrected chi connectivity index (χ0v) is 15.0. The number of hydrogen-bond donors (Lipinski definition) is 1. The lowest BCUT2D eigenvalue weighted by atomic mass is 10.0. The molecule has 4 nitrogen and oxygen atoms in total. The van der Waals surface area contributed by atoms with Gasteiger partial charge >= 0.3 is 0 Å². The number of anilines is 2. The second kappa shape index (κ2) is 7.85. The van der Waals surface area contributed by atoms with Gasteiger partial charge in [0.05, 0.1) is 0 Å². The Balaban J connectivity index is 1.64. The summed E-state index contributed by atoms with van der Waals surface area (Å²) < 4.78 is 13.1. The van der Waals surface area contributed by atoms with Crippen molar-refractivity contribution >= 4 is 11.4 Å². The highest BCUT2D eigenvalue weighted by molar-refractivity contribution is 5.48. The molecule has 0 saturated carbocycles. The molecule has 2 N–H and O–H groups in total. The van der Waals surface area contributed by atoms with Crippen LogP contribution in [0.3, 0.4) is 0 Å². The zero-order valence-electron chi connectivity index (χ0n) is 15.0. The van der Waals surface area contributed by atoms with Crippen molar-refractivity contribution in [3.05, 3.63) is 59.9 Å². The van der Waals surface area contributed by atoms with E-state index >= 15 is 0 Å². The van der Waals surface area contributed by atoms with E-state index in [1.807, 2.05) is 26.2 Å². The number of nitrogens with two attached hydrogens (primary N) is 1. The standard InChI is InChI=1S/C20H27FN4/c1-23(2)18-7-3-16(4-8-18)20(15-22)25-13-11-24(12-14-25)19-9-5-17(21)6-10-19/h3-10,20H,11-15,22H2,1-2H3/t20-/m0/s1. The Morgan fingerprint density at radius 3 is 2.08 bits per heavy atom. The molecule has 5 heteroatoms. The lowest BCUT2D eigenvalue weighted by molar-refractivity contribution is 0.190. The van der Waals surface area contributed by atoms with Crippen molar-refractivity contribution < 1.29 is 4.39 Å². The Hall–Kier alpha value is -2.11. The third kappa shape index (κ3) is 4.11. The van der Waals surface area contributed by atoms with Crippen LogP contribution in [0.2, 0.25) is 0 Å². The van der Waals surface area contributed by atoms with Crippen molar-refractivity contribution in [2.75, 3.05) is 56.6 Å². The van der Waals surface area contributed by atoms with Crippen LogP contribution in [0.25, 0.3) is 0 Å². The van der Waals surface area contributed by atoms with Crippen LogP contribution < -0.4 is 15.5 Å². The highest BCUT2D eigenvalue weighted by atomic mass is 19.1. The van der Waals surface area contributed by atoms with Gasteiger partial charge in [-0.15, -0.1) is 0 Å². The van der Waals surface area contributed by atoms with Crippen molar-refractivity contribution in [2.24, 2.45) is 5.73 Å². The molecule has 0 bridgehead atoms.